The monoisotopic (exact) mass is 595 g/mol. The van der Waals surface area contributed by atoms with Gasteiger partial charge in [-0.05, 0) is 67.1 Å². The zero-order chi connectivity index (χ0) is 29.3. The number of nitrogens with zero attached hydrogens (tertiary/aromatic N) is 4. The van der Waals surface area contributed by atoms with E-state index in [-0.39, 0.29) is 22.0 Å². The van der Waals surface area contributed by atoms with E-state index in [1.807, 2.05) is 13.0 Å². The Morgan fingerprint density at radius 2 is 1.80 bits per heavy atom. The number of nitrogens with one attached hydrogen (secondary N) is 1. The molecule has 1 atom stereocenters. The van der Waals surface area contributed by atoms with E-state index in [0.29, 0.717) is 22.7 Å². The lowest BCUT2D eigenvalue weighted by atomic mass is 10.1. The third kappa shape index (κ3) is 5.42. The van der Waals surface area contributed by atoms with Gasteiger partial charge in [-0.1, -0.05) is 29.8 Å². The molecule has 13 heteroatoms. The number of amides is 2. The largest absolute Gasteiger partial charge is 0.497 e. The number of anilines is 1. The van der Waals surface area contributed by atoms with Gasteiger partial charge in [-0.25, -0.2) is 18.6 Å². The highest BCUT2D eigenvalue weighted by Crippen LogP contribution is 2.33. The Balaban J connectivity index is 1.57. The van der Waals surface area contributed by atoms with E-state index >= 15 is 0 Å². The van der Waals surface area contributed by atoms with Crippen LogP contribution in [0.5, 0.6) is 5.75 Å². The second kappa shape index (κ2) is 11.3. The molecule has 1 aromatic heterocycles. The fourth-order valence-electron chi connectivity index (χ4n) is 4.69. The highest BCUT2D eigenvalue weighted by Gasteiger charge is 2.42. The number of carbonyl (C=O) groups excluding carboxylic acids is 2. The van der Waals surface area contributed by atoms with Crippen molar-refractivity contribution in [3.8, 4) is 11.4 Å². The zero-order valence-corrected chi connectivity index (χ0v) is 23.6. The normalized spacial score (nSPS) is 15.6. The maximum Gasteiger partial charge on any atom is 0.263 e. The number of ether oxygens (including phenoxy) is 1. The van der Waals surface area contributed by atoms with Gasteiger partial charge < -0.3 is 9.64 Å². The minimum absolute atomic E-state index is 0.0845. The van der Waals surface area contributed by atoms with Crippen LogP contribution in [-0.4, -0.2) is 59.2 Å². The summed E-state index contributed by atoms with van der Waals surface area (Å²) in [5, 5.41) is 14.1. The number of hydrogen-bond donors (Lipinski definition) is 2. The molecular weight excluding hydrogens is 570 g/mol. The Hall–Kier alpha value is -4.23. The standard InChI is InChI=1S/C28H26ClN5O6S/c1-18-13-14-33(30-18)20-7-12-23(24(29)15-20)28(36)32-17-26(27(35)31-37)34(16-19-5-3-4-6-25(19)32)41(38,39)22-10-8-21(40-2)9-11-22/h3-15,26,37H,16-17H2,1-2H3,(H,31,35). The summed E-state index contributed by atoms with van der Waals surface area (Å²) in [5.41, 5.74) is 4.04. The molecule has 2 heterocycles. The molecule has 0 saturated carbocycles. The lowest BCUT2D eigenvalue weighted by molar-refractivity contribution is -0.133. The van der Waals surface area contributed by atoms with Crippen LogP contribution in [0, 0.1) is 6.92 Å². The Morgan fingerprint density at radius 1 is 1.07 bits per heavy atom. The van der Waals surface area contributed by atoms with Crippen molar-refractivity contribution in [1.29, 1.82) is 0 Å². The first-order valence-electron chi connectivity index (χ1n) is 12.5. The van der Waals surface area contributed by atoms with Crippen LogP contribution in [0.2, 0.25) is 5.02 Å². The molecule has 2 N–H and O–H groups in total. The first kappa shape index (κ1) is 28.3. The predicted molar refractivity (Wildman–Crippen MR) is 151 cm³/mol. The lowest BCUT2D eigenvalue weighted by Crippen LogP contribution is -2.53. The van der Waals surface area contributed by atoms with Gasteiger partial charge in [0.25, 0.3) is 11.8 Å². The SMILES string of the molecule is COc1ccc(S(=O)(=O)N2Cc3ccccc3N(C(=O)c3ccc(-n4ccc(C)n4)cc3Cl)CC2C(=O)NO)cc1. The van der Waals surface area contributed by atoms with Crippen molar-refractivity contribution in [3.63, 3.8) is 0 Å². The van der Waals surface area contributed by atoms with Crippen molar-refractivity contribution in [1.82, 2.24) is 19.6 Å². The van der Waals surface area contributed by atoms with E-state index < -0.39 is 34.4 Å². The van der Waals surface area contributed by atoms with Gasteiger partial charge in [0.2, 0.25) is 10.0 Å². The molecule has 1 aliphatic rings. The number of methoxy groups -OCH3 is 1. The van der Waals surface area contributed by atoms with Crippen LogP contribution in [0.3, 0.4) is 0 Å². The van der Waals surface area contributed by atoms with Crippen LogP contribution in [0.1, 0.15) is 21.6 Å². The topological polar surface area (TPSA) is 134 Å². The first-order chi connectivity index (χ1) is 19.6. The average Bonchev–Trinajstić information content (AvgIpc) is 3.34. The first-order valence-corrected chi connectivity index (χ1v) is 14.3. The molecule has 1 aliphatic heterocycles. The van der Waals surface area contributed by atoms with Crippen LogP contribution in [-0.2, 0) is 21.4 Å². The molecule has 0 radical (unpaired) electrons. The van der Waals surface area contributed by atoms with Crippen LogP contribution in [0.15, 0.2) is 83.9 Å². The highest BCUT2D eigenvalue weighted by molar-refractivity contribution is 7.89. The molecular formula is C28H26ClN5O6S. The van der Waals surface area contributed by atoms with E-state index in [1.54, 1.807) is 58.8 Å². The molecule has 0 saturated heterocycles. The Morgan fingerprint density at radius 3 is 2.44 bits per heavy atom. The quantitative estimate of drug-likeness (QED) is 0.257. The molecule has 2 amide bonds. The average molecular weight is 596 g/mol. The maximum absolute atomic E-state index is 14.0. The second-order valence-corrected chi connectivity index (χ2v) is 11.6. The second-order valence-electron chi connectivity index (χ2n) is 9.33. The number of aromatic nitrogens is 2. The van der Waals surface area contributed by atoms with Crippen LogP contribution >= 0.6 is 11.6 Å². The van der Waals surface area contributed by atoms with Crippen molar-refractivity contribution in [2.45, 2.75) is 24.4 Å². The van der Waals surface area contributed by atoms with E-state index in [1.165, 1.54) is 36.3 Å². The van der Waals surface area contributed by atoms with Crippen LogP contribution in [0.4, 0.5) is 5.69 Å². The maximum atomic E-state index is 14.0. The molecule has 4 aromatic rings. The fraction of sp³-hybridized carbons (Fsp3) is 0.179. The molecule has 3 aromatic carbocycles. The number of halogens is 1. The summed E-state index contributed by atoms with van der Waals surface area (Å²) in [6.07, 6.45) is 1.77. The Labute approximate surface area is 241 Å². The molecule has 0 fully saturated rings. The van der Waals surface area contributed by atoms with Gasteiger partial charge in [0.1, 0.15) is 11.8 Å². The summed E-state index contributed by atoms with van der Waals surface area (Å²) in [6, 6.07) is 17.7. The fourth-order valence-corrected chi connectivity index (χ4v) is 6.50. The van der Waals surface area contributed by atoms with E-state index in [4.69, 9.17) is 16.3 Å². The predicted octanol–water partition coefficient (Wildman–Crippen LogP) is 3.57. The number of hydrogen-bond acceptors (Lipinski definition) is 7. The van der Waals surface area contributed by atoms with Crippen molar-refractivity contribution in [2.75, 3.05) is 18.6 Å². The number of hydroxylamine groups is 1. The van der Waals surface area contributed by atoms with Gasteiger partial charge in [0.05, 0.1) is 40.5 Å². The number of benzene rings is 3. The van der Waals surface area contributed by atoms with E-state index in [0.717, 1.165) is 10.00 Å². The molecule has 212 valence electrons. The summed E-state index contributed by atoms with van der Waals surface area (Å²) in [6.45, 7) is 1.22. The molecule has 0 aliphatic carbocycles. The molecule has 11 nitrogen and oxygen atoms in total. The van der Waals surface area contributed by atoms with Gasteiger partial charge in [0.15, 0.2) is 0 Å². The van der Waals surface area contributed by atoms with Gasteiger partial charge in [-0.2, -0.15) is 9.40 Å². The van der Waals surface area contributed by atoms with Crippen LogP contribution in [0.25, 0.3) is 5.69 Å². The summed E-state index contributed by atoms with van der Waals surface area (Å²) >= 11 is 6.58. The summed E-state index contributed by atoms with van der Waals surface area (Å²) in [7, 11) is -2.82. The van der Waals surface area contributed by atoms with Crippen molar-refractivity contribution in [2.24, 2.45) is 0 Å². The Kier molecular flexibility index (Phi) is 7.82. The molecule has 0 spiro atoms. The van der Waals surface area contributed by atoms with Crippen LogP contribution < -0.4 is 15.1 Å². The summed E-state index contributed by atoms with van der Waals surface area (Å²) in [5.74, 6) is -1.09. The molecule has 1 unspecified atom stereocenters. The number of carbonyl (C=O) groups is 2. The minimum Gasteiger partial charge on any atom is -0.497 e. The minimum atomic E-state index is -4.28. The third-order valence-electron chi connectivity index (χ3n) is 6.81. The van der Waals surface area contributed by atoms with Gasteiger partial charge in [-0.15, -0.1) is 0 Å². The summed E-state index contributed by atoms with van der Waals surface area (Å²) < 4.78 is 35.4. The van der Waals surface area contributed by atoms with E-state index in [2.05, 4.69) is 5.10 Å². The summed E-state index contributed by atoms with van der Waals surface area (Å²) in [4.78, 5) is 28.2. The van der Waals surface area contributed by atoms with Crippen molar-refractivity contribution < 1.29 is 28.0 Å². The number of rotatable bonds is 6. The zero-order valence-electron chi connectivity index (χ0n) is 22.1. The van der Waals surface area contributed by atoms with E-state index in [9.17, 15) is 23.2 Å². The molecule has 41 heavy (non-hydrogen) atoms. The van der Waals surface area contributed by atoms with Crippen molar-refractivity contribution in [3.05, 3.63) is 101 Å². The Bertz CT molecular complexity index is 1720. The van der Waals surface area contributed by atoms with Gasteiger partial charge >= 0.3 is 0 Å². The number of sulfonamides is 1. The number of aryl methyl sites for hydroxylation is 1. The van der Waals surface area contributed by atoms with Crippen molar-refractivity contribution >= 4 is 39.1 Å². The molecule has 0 bridgehead atoms. The van der Waals surface area contributed by atoms with Gasteiger partial charge in [-0.3, -0.25) is 14.8 Å². The van der Waals surface area contributed by atoms with Gasteiger partial charge in [0, 0.05) is 18.4 Å². The molecule has 5 rings (SSSR count). The lowest BCUT2D eigenvalue weighted by Gasteiger charge is -2.29. The highest BCUT2D eigenvalue weighted by atomic mass is 35.5. The smallest absolute Gasteiger partial charge is 0.263 e. The number of fused-ring (bicyclic) bond motifs is 1. The number of para-hydroxylation sites is 1. The third-order valence-corrected chi connectivity index (χ3v) is 8.99.